The number of aryl methyl sites for hydroxylation is 1. The van der Waals surface area contributed by atoms with Crippen molar-refractivity contribution in [2.24, 2.45) is 0 Å². The first-order chi connectivity index (χ1) is 15.7. The average molecular weight is 449 g/mol. The molecule has 0 saturated heterocycles. The van der Waals surface area contributed by atoms with Gasteiger partial charge in [-0.3, -0.25) is 9.48 Å². The van der Waals surface area contributed by atoms with E-state index in [1.807, 2.05) is 13.0 Å². The number of carbonyl (C=O) groups excluding carboxylic acids is 1. The number of aliphatic hydroxyl groups is 1. The van der Waals surface area contributed by atoms with E-state index in [2.05, 4.69) is 20.4 Å². The Balaban J connectivity index is 1.47. The van der Waals surface area contributed by atoms with Crippen LogP contribution in [-0.2, 0) is 17.9 Å². The minimum atomic E-state index is -1.52. The van der Waals surface area contributed by atoms with Crippen molar-refractivity contribution >= 4 is 22.6 Å². The summed E-state index contributed by atoms with van der Waals surface area (Å²) in [6.07, 6.45) is 5.06. The molecule has 4 rings (SSSR count). The molecule has 0 fully saturated rings. The zero-order valence-electron chi connectivity index (χ0n) is 18.5. The van der Waals surface area contributed by atoms with Gasteiger partial charge in [-0.05, 0) is 56.2 Å². The van der Waals surface area contributed by atoms with Gasteiger partial charge in [0.2, 0.25) is 5.88 Å². The van der Waals surface area contributed by atoms with Gasteiger partial charge in [-0.2, -0.15) is 5.10 Å². The second-order valence-electron chi connectivity index (χ2n) is 8.31. The second-order valence-corrected chi connectivity index (χ2v) is 8.31. The van der Waals surface area contributed by atoms with Crippen molar-refractivity contribution in [1.82, 2.24) is 19.7 Å². The van der Waals surface area contributed by atoms with E-state index in [0.29, 0.717) is 35.8 Å². The fourth-order valence-corrected chi connectivity index (χ4v) is 3.21. The number of anilines is 1. The molecule has 0 atom stereocenters. The number of aromatic nitrogens is 4. The molecule has 2 N–H and O–H groups in total. The van der Waals surface area contributed by atoms with Gasteiger partial charge in [0.25, 0.3) is 5.91 Å². The quantitative estimate of drug-likeness (QED) is 0.447. The van der Waals surface area contributed by atoms with Crippen LogP contribution in [0.3, 0.4) is 0 Å². The standard InChI is InChI=1S/C24H24FN5O3/c1-15-10-17(11-27-22(15)33-14-16-4-6-18(25)7-5-16)12-30-13-19-20(29-30)8-9-26-21(19)28-23(31)24(2,3)32/h4-11,13,32H,12,14H2,1-3H3,(H,26,28,31). The molecule has 0 aliphatic rings. The minimum Gasteiger partial charge on any atom is -0.473 e. The van der Waals surface area contributed by atoms with E-state index in [0.717, 1.165) is 16.7 Å². The summed E-state index contributed by atoms with van der Waals surface area (Å²) in [5, 5.41) is 17.7. The first-order valence-electron chi connectivity index (χ1n) is 10.4. The fraction of sp³-hybridized carbons (Fsp3) is 0.250. The van der Waals surface area contributed by atoms with Gasteiger partial charge in [0, 0.05) is 24.2 Å². The molecule has 0 bridgehead atoms. The average Bonchev–Trinajstić information content (AvgIpc) is 3.17. The van der Waals surface area contributed by atoms with Gasteiger partial charge < -0.3 is 15.2 Å². The van der Waals surface area contributed by atoms with E-state index >= 15 is 0 Å². The zero-order valence-corrected chi connectivity index (χ0v) is 18.5. The topological polar surface area (TPSA) is 102 Å². The highest BCUT2D eigenvalue weighted by molar-refractivity contribution is 6.02. The SMILES string of the molecule is Cc1cc(Cn2cc3c(NC(=O)C(C)(C)O)nccc3n2)cnc1OCc1ccc(F)cc1. The van der Waals surface area contributed by atoms with E-state index in [1.54, 1.807) is 41.5 Å². The number of benzene rings is 1. The molecule has 0 radical (unpaired) electrons. The molecular weight excluding hydrogens is 425 g/mol. The summed E-state index contributed by atoms with van der Waals surface area (Å²) in [5.41, 5.74) is 1.78. The number of carbonyl (C=O) groups is 1. The van der Waals surface area contributed by atoms with E-state index in [1.165, 1.54) is 26.0 Å². The summed E-state index contributed by atoms with van der Waals surface area (Å²) in [5.74, 6) is 0.0109. The number of nitrogens with zero attached hydrogens (tertiary/aromatic N) is 4. The van der Waals surface area contributed by atoms with Crippen LogP contribution in [0.25, 0.3) is 10.9 Å². The van der Waals surface area contributed by atoms with E-state index < -0.39 is 11.5 Å². The number of nitrogens with one attached hydrogen (secondary N) is 1. The maximum atomic E-state index is 13.0. The molecule has 33 heavy (non-hydrogen) atoms. The van der Waals surface area contributed by atoms with Gasteiger partial charge in [-0.15, -0.1) is 0 Å². The number of hydrogen-bond acceptors (Lipinski definition) is 6. The normalized spacial score (nSPS) is 11.5. The summed E-state index contributed by atoms with van der Waals surface area (Å²) in [6, 6.07) is 9.86. The molecule has 0 aliphatic heterocycles. The molecule has 3 heterocycles. The minimum absolute atomic E-state index is 0.286. The van der Waals surface area contributed by atoms with Crippen molar-refractivity contribution < 1.29 is 19.0 Å². The van der Waals surface area contributed by atoms with Crippen molar-refractivity contribution in [2.45, 2.75) is 39.5 Å². The zero-order chi connectivity index (χ0) is 23.6. The predicted octanol–water partition coefficient (Wildman–Crippen LogP) is 3.61. The van der Waals surface area contributed by atoms with E-state index in [4.69, 9.17) is 4.74 Å². The van der Waals surface area contributed by atoms with Gasteiger partial charge >= 0.3 is 0 Å². The lowest BCUT2D eigenvalue weighted by Gasteiger charge is -2.16. The van der Waals surface area contributed by atoms with Crippen LogP contribution in [0.1, 0.15) is 30.5 Å². The number of hydrogen-bond donors (Lipinski definition) is 2. The fourth-order valence-electron chi connectivity index (χ4n) is 3.21. The van der Waals surface area contributed by atoms with Crippen molar-refractivity contribution in [3.63, 3.8) is 0 Å². The third kappa shape index (κ3) is 5.32. The molecule has 0 saturated carbocycles. The molecule has 170 valence electrons. The number of ether oxygens (including phenoxy) is 1. The van der Waals surface area contributed by atoms with Gasteiger partial charge in [0.05, 0.1) is 17.4 Å². The summed E-state index contributed by atoms with van der Waals surface area (Å²) in [7, 11) is 0. The highest BCUT2D eigenvalue weighted by Crippen LogP contribution is 2.22. The number of halogens is 1. The Labute approximate surface area is 190 Å². The molecule has 1 aromatic carbocycles. The van der Waals surface area contributed by atoms with Crippen molar-refractivity contribution in [3.8, 4) is 5.88 Å². The summed E-state index contributed by atoms with van der Waals surface area (Å²) >= 11 is 0. The third-order valence-corrected chi connectivity index (χ3v) is 4.99. The van der Waals surface area contributed by atoms with Crippen molar-refractivity contribution in [1.29, 1.82) is 0 Å². The molecule has 3 aromatic heterocycles. The van der Waals surface area contributed by atoms with Crippen LogP contribution in [0.5, 0.6) is 5.88 Å². The van der Waals surface area contributed by atoms with Gasteiger partial charge in [0.15, 0.2) is 0 Å². The number of fused-ring (bicyclic) bond motifs is 1. The van der Waals surface area contributed by atoms with Gasteiger partial charge in [0.1, 0.15) is 23.8 Å². The highest BCUT2D eigenvalue weighted by atomic mass is 19.1. The van der Waals surface area contributed by atoms with Gasteiger partial charge in [-0.1, -0.05) is 12.1 Å². The molecule has 0 unspecified atom stereocenters. The van der Waals surface area contributed by atoms with Crippen LogP contribution in [-0.4, -0.2) is 36.4 Å². The van der Waals surface area contributed by atoms with Crippen LogP contribution in [0.15, 0.2) is 55.0 Å². The molecule has 1 amide bonds. The van der Waals surface area contributed by atoms with Crippen LogP contribution in [0.2, 0.25) is 0 Å². The second kappa shape index (κ2) is 8.95. The lowest BCUT2D eigenvalue weighted by molar-refractivity contribution is -0.130. The van der Waals surface area contributed by atoms with Crippen LogP contribution in [0.4, 0.5) is 10.2 Å². The molecule has 0 aliphatic carbocycles. The lowest BCUT2D eigenvalue weighted by Crippen LogP contribution is -2.36. The maximum Gasteiger partial charge on any atom is 0.256 e. The van der Waals surface area contributed by atoms with Crippen LogP contribution >= 0.6 is 0 Å². The maximum absolute atomic E-state index is 13.0. The number of rotatable bonds is 7. The highest BCUT2D eigenvalue weighted by Gasteiger charge is 2.25. The number of amides is 1. The van der Waals surface area contributed by atoms with Gasteiger partial charge in [-0.25, -0.2) is 14.4 Å². The number of pyridine rings is 2. The van der Waals surface area contributed by atoms with Crippen molar-refractivity contribution in [3.05, 3.63) is 77.5 Å². The third-order valence-electron chi connectivity index (χ3n) is 4.99. The van der Waals surface area contributed by atoms with Crippen LogP contribution < -0.4 is 10.1 Å². The summed E-state index contributed by atoms with van der Waals surface area (Å²) in [4.78, 5) is 20.8. The lowest BCUT2D eigenvalue weighted by atomic mass is 10.1. The Morgan fingerprint density at radius 2 is 1.94 bits per heavy atom. The van der Waals surface area contributed by atoms with Crippen LogP contribution in [0, 0.1) is 12.7 Å². The van der Waals surface area contributed by atoms with Crippen molar-refractivity contribution in [2.75, 3.05) is 5.32 Å². The molecule has 4 aromatic rings. The largest absolute Gasteiger partial charge is 0.473 e. The Morgan fingerprint density at radius 1 is 1.18 bits per heavy atom. The molecule has 0 spiro atoms. The Morgan fingerprint density at radius 3 is 2.64 bits per heavy atom. The molecule has 8 nitrogen and oxygen atoms in total. The summed E-state index contributed by atoms with van der Waals surface area (Å²) < 4.78 is 20.5. The molecular formula is C24H24FN5O3. The summed E-state index contributed by atoms with van der Waals surface area (Å²) in [6.45, 7) is 5.48. The first-order valence-corrected chi connectivity index (χ1v) is 10.4. The first kappa shape index (κ1) is 22.3. The Hall–Kier alpha value is -3.85. The van der Waals surface area contributed by atoms with E-state index in [-0.39, 0.29) is 5.82 Å². The predicted molar refractivity (Wildman–Crippen MR) is 121 cm³/mol. The van der Waals surface area contributed by atoms with E-state index in [9.17, 15) is 14.3 Å². The molecule has 9 heteroatoms. The Bertz CT molecular complexity index is 1300. The smallest absolute Gasteiger partial charge is 0.256 e. The monoisotopic (exact) mass is 449 g/mol. The Kier molecular flexibility index (Phi) is 6.06.